The van der Waals surface area contributed by atoms with Crippen molar-refractivity contribution in [3.05, 3.63) is 95.3 Å². The minimum absolute atomic E-state index is 0.153. The van der Waals surface area contributed by atoms with Crippen molar-refractivity contribution in [2.75, 3.05) is 23.8 Å². The van der Waals surface area contributed by atoms with Crippen molar-refractivity contribution < 1.29 is 9.53 Å². The van der Waals surface area contributed by atoms with Crippen LogP contribution in [0.3, 0.4) is 0 Å². The molecule has 37 heavy (non-hydrogen) atoms. The van der Waals surface area contributed by atoms with Crippen LogP contribution < -0.4 is 15.4 Å². The van der Waals surface area contributed by atoms with E-state index in [1.807, 2.05) is 52.2 Å². The highest BCUT2D eigenvalue weighted by atomic mass is 16.5. The second kappa shape index (κ2) is 10.9. The number of fused-ring (bicyclic) bond motifs is 1. The zero-order chi connectivity index (χ0) is 25.8. The van der Waals surface area contributed by atoms with Crippen molar-refractivity contribution in [2.24, 2.45) is 0 Å². The van der Waals surface area contributed by atoms with Crippen molar-refractivity contribution in [1.82, 2.24) is 9.78 Å². The number of nitrogens with zero attached hydrogens (tertiary/aromatic N) is 3. The van der Waals surface area contributed by atoms with Crippen LogP contribution in [0.2, 0.25) is 0 Å². The van der Waals surface area contributed by atoms with E-state index in [0.29, 0.717) is 26.0 Å². The van der Waals surface area contributed by atoms with E-state index in [1.165, 1.54) is 11.1 Å². The Bertz CT molecular complexity index is 1410. The van der Waals surface area contributed by atoms with Gasteiger partial charge in [0.15, 0.2) is 0 Å². The maximum Gasteiger partial charge on any atom is 0.227 e. The molecule has 6 heteroatoms. The number of anilines is 2. The van der Waals surface area contributed by atoms with Gasteiger partial charge in [-0.2, -0.15) is 5.10 Å². The van der Waals surface area contributed by atoms with Gasteiger partial charge < -0.3 is 15.4 Å². The lowest BCUT2D eigenvalue weighted by Gasteiger charge is -2.31. The summed E-state index contributed by atoms with van der Waals surface area (Å²) in [5.41, 5.74) is 14.6. The van der Waals surface area contributed by atoms with Crippen LogP contribution in [0.4, 0.5) is 11.4 Å². The number of benzene rings is 3. The number of amides is 1. The first-order chi connectivity index (χ1) is 18.0. The van der Waals surface area contributed by atoms with Crippen LogP contribution in [-0.2, 0) is 17.8 Å². The average Bonchev–Trinajstić information content (AvgIpc) is 3.36. The van der Waals surface area contributed by atoms with Gasteiger partial charge in [0.05, 0.1) is 19.3 Å². The van der Waals surface area contributed by atoms with Gasteiger partial charge in [-0.25, -0.2) is 0 Å². The molecule has 1 aliphatic heterocycles. The van der Waals surface area contributed by atoms with Gasteiger partial charge in [-0.05, 0) is 85.2 Å². The molecule has 0 unspecified atom stereocenters. The summed E-state index contributed by atoms with van der Waals surface area (Å²) in [4.78, 5) is 15.2. The van der Waals surface area contributed by atoms with Gasteiger partial charge in [0.1, 0.15) is 5.75 Å². The minimum Gasteiger partial charge on any atom is -0.493 e. The molecule has 0 aliphatic carbocycles. The molecule has 6 nitrogen and oxygen atoms in total. The van der Waals surface area contributed by atoms with E-state index in [0.717, 1.165) is 58.8 Å². The first kappa shape index (κ1) is 24.6. The summed E-state index contributed by atoms with van der Waals surface area (Å²) in [5.74, 6) is 1.05. The summed E-state index contributed by atoms with van der Waals surface area (Å²) >= 11 is 0. The highest BCUT2D eigenvalue weighted by molar-refractivity contribution is 5.96. The standard InChI is InChI=1S/C31H34N4O2/c1-22-8-3-14-30(23(22)2)37-17-7-15-31(36)35-16-6-12-28-27(11-5-13-29(28)35)25-19-33-34(21-25)20-24-9-4-10-26(32)18-24/h3-5,8-11,13-14,18-19,21H,6-7,12,15-17,20,32H2,1-2H3. The number of aryl methyl sites for hydroxylation is 1. The van der Waals surface area contributed by atoms with Crippen molar-refractivity contribution in [2.45, 2.75) is 46.1 Å². The molecule has 0 bridgehead atoms. The molecule has 1 aliphatic rings. The number of rotatable bonds is 8. The Labute approximate surface area is 218 Å². The smallest absolute Gasteiger partial charge is 0.227 e. The van der Waals surface area contributed by atoms with Gasteiger partial charge in [-0.15, -0.1) is 0 Å². The van der Waals surface area contributed by atoms with E-state index in [4.69, 9.17) is 10.5 Å². The normalized spacial score (nSPS) is 12.9. The van der Waals surface area contributed by atoms with Gasteiger partial charge in [-0.1, -0.05) is 36.4 Å². The topological polar surface area (TPSA) is 73.4 Å². The molecule has 1 aromatic heterocycles. The van der Waals surface area contributed by atoms with Crippen LogP contribution in [0.25, 0.3) is 11.1 Å². The van der Waals surface area contributed by atoms with Gasteiger partial charge in [0.25, 0.3) is 0 Å². The summed E-state index contributed by atoms with van der Waals surface area (Å²) in [6, 6.07) is 20.2. The molecule has 3 aromatic carbocycles. The number of hydrogen-bond acceptors (Lipinski definition) is 4. The lowest BCUT2D eigenvalue weighted by molar-refractivity contribution is -0.118. The molecule has 4 aromatic rings. The average molecular weight is 495 g/mol. The molecule has 2 heterocycles. The second-order valence-electron chi connectivity index (χ2n) is 9.77. The van der Waals surface area contributed by atoms with E-state index >= 15 is 0 Å². The van der Waals surface area contributed by atoms with Crippen molar-refractivity contribution in [1.29, 1.82) is 0 Å². The van der Waals surface area contributed by atoms with Gasteiger partial charge >= 0.3 is 0 Å². The van der Waals surface area contributed by atoms with E-state index in [2.05, 4.69) is 49.4 Å². The first-order valence-electron chi connectivity index (χ1n) is 13.0. The van der Waals surface area contributed by atoms with Crippen molar-refractivity contribution in [3.8, 4) is 16.9 Å². The Kier molecular flexibility index (Phi) is 7.26. The molecule has 0 fully saturated rings. The maximum absolute atomic E-state index is 13.2. The molecule has 5 rings (SSSR count). The monoisotopic (exact) mass is 494 g/mol. The van der Waals surface area contributed by atoms with Crippen LogP contribution in [0, 0.1) is 13.8 Å². The molecule has 0 atom stereocenters. The van der Waals surface area contributed by atoms with Crippen molar-refractivity contribution in [3.63, 3.8) is 0 Å². The number of carbonyl (C=O) groups is 1. The third-order valence-corrected chi connectivity index (χ3v) is 7.14. The fraction of sp³-hybridized carbons (Fsp3) is 0.290. The predicted molar refractivity (Wildman–Crippen MR) is 149 cm³/mol. The molecular formula is C31H34N4O2. The zero-order valence-corrected chi connectivity index (χ0v) is 21.6. The van der Waals surface area contributed by atoms with Gasteiger partial charge in [-0.3, -0.25) is 9.48 Å². The number of hydrogen-bond donors (Lipinski definition) is 1. The van der Waals surface area contributed by atoms with Crippen LogP contribution in [0.5, 0.6) is 5.75 Å². The molecular weight excluding hydrogens is 460 g/mol. The van der Waals surface area contributed by atoms with E-state index in [1.54, 1.807) is 0 Å². The molecule has 190 valence electrons. The van der Waals surface area contributed by atoms with Crippen molar-refractivity contribution >= 4 is 17.3 Å². The highest BCUT2D eigenvalue weighted by Crippen LogP contribution is 2.36. The fourth-order valence-electron chi connectivity index (χ4n) is 5.04. The fourth-order valence-corrected chi connectivity index (χ4v) is 5.04. The SMILES string of the molecule is Cc1cccc(OCCCC(=O)N2CCCc3c(-c4cnn(Cc5cccc(N)c5)c4)cccc32)c1C. The lowest BCUT2D eigenvalue weighted by Crippen LogP contribution is -2.35. The number of aromatic nitrogens is 2. The van der Waals surface area contributed by atoms with Crippen LogP contribution >= 0.6 is 0 Å². The van der Waals surface area contributed by atoms with Gasteiger partial charge in [0, 0.05) is 36.1 Å². The Balaban J connectivity index is 1.26. The minimum atomic E-state index is 0.153. The Morgan fingerprint density at radius 3 is 2.78 bits per heavy atom. The van der Waals surface area contributed by atoms with Crippen LogP contribution in [0.1, 0.15) is 41.5 Å². The highest BCUT2D eigenvalue weighted by Gasteiger charge is 2.24. The van der Waals surface area contributed by atoms with Gasteiger partial charge in [0.2, 0.25) is 5.91 Å². The number of nitrogen functional groups attached to an aromatic ring is 1. The molecule has 0 saturated heterocycles. The van der Waals surface area contributed by atoms with E-state index in [9.17, 15) is 4.79 Å². The maximum atomic E-state index is 13.2. The predicted octanol–water partition coefficient (Wildman–Crippen LogP) is 5.94. The summed E-state index contributed by atoms with van der Waals surface area (Å²) in [5, 5.41) is 4.59. The number of nitrogens with two attached hydrogens (primary N) is 1. The third kappa shape index (κ3) is 5.53. The molecule has 0 spiro atoms. The summed E-state index contributed by atoms with van der Waals surface area (Å²) in [7, 11) is 0. The number of carbonyl (C=O) groups excluding carboxylic acids is 1. The molecule has 1 amide bonds. The summed E-state index contributed by atoms with van der Waals surface area (Å²) in [6.45, 7) is 6.09. The molecule has 0 radical (unpaired) electrons. The second-order valence-corrected chi connectivity index (χ2v) is 9.77. The van der Waals surface area contributed by atoms with E-state index < -0.39 is 0 Å². The first-order valence-corrected chi connectivity index (χ1v) is 13.0. The Morgan fingerprint density at radius 1 is 1.08 bits per heavy atom. The molecule has 2 N–H and O–H groups in total. The quantitative estimate of drug-likeness (QED) is 0.243. The third-order valence-electron chi connectivity index (χ3n) is 7.14. The number of ether oxygens (including phenoxy) is 1. The van der Waals surface area contributed by atoms with Crippen LogP contribution in [-0.4, -0.2) is 28.8 Å². The zero-order valence-electron chi connectivity index (χ0n) is 21.6. The summed E-state index contributed by atoms with van der Waals surface area (Å²) in [6.07, 6.45) is 7.04. The molecule has 0 saturated carbocycles. The largest absolute Gasteiger partial charge is 0.493 e. The Hall–Kier alpha value is -4.06. The van der Waals surface area contributed by atoms with Crippen LogP contribution in [0.15, 0.2) is 73.1 Å². The Morgan fingerprint density at radius 2 is 1.92 bits per heavy atom. The summed E-state index contributed by atoms with van der Waals surface area (Å²) < 4.78 is 7.90. The van der Waals surface area contributed by atoms with E-state index in [-0.39, 0.29) is 5.91 Å². The lowest BCUT2D eigenvalue weighted by atomic mass is 9.93.